The zero-order valence-corrected chi connectivity index (χ0v) is 11.8. The third-order valence-electron chi connectivity index (χ3n) is 4.10. The van der Waals surface area contributed by atoms with Gasteiger partial charge in [-0.05, 0) is 39.4 Å². The number of rotatable bonds is 0. The van der Waals surface area contributed by atoms with Crippen molar-refractivity contribution in [3.63, 3.8) is 0 Å². The highest BCUT2D eigenvalue weighted by molar-refractivity contribution is 6.04. The quantitative estimate of drug-likeness (QED) is 0.390. The van der Waals surface area contributed by atoms with Crippen molar-refractivity contribution in [2.45, 2.75) is 6.42 Å². The van der Waals surface area contributed by atoms with Gasteiger partial charge < -0.3 is 0 Å². The van der Waals surface area contributed by atoms with Crippen LogP contribution in [0.15, 0.2) is 66.7 Å². The van der Waals surface area contributed by atoms with E-state index in [4.69, 9.17) is 0 Å². The Bertz CT molecular complexity index is 825. The van der Waals surface area contributed by atoms with Crippen LogP contribution in [0.4, 0.5) is 0 Å². The molecule has 0 fully saturated rings. The summed E-state index contributed by atoms with van der Waals surface area (Å²) in [4.78, 5) is 0. The Morgan fingerprint density at radius 3 is 1.95 bits per heavy atom. The molecule has 0 spiro atoms. The van der Waals surface area contributed by atoms with Crippen LogP contribution in [0.5, 0.6) is 0 Å². The second kappa shape index (κ2) is 5.06. The molecule has 0 N–H and O–H groups in total. The minimum absolute atomic E-state index is 1.12. The molecular formula is C21H16. The molecule has 0 nitrogen and oxygen atoms in total. The van der Waals surface area contributed by atoms with Gasteiger partial charge >= 0.3 is 0 Å². The molecule has 3 aromatic carbocycles. The molecule has 100 valence electrons. The van der Waals surface area contributed by atoms with Crippen molar-refractivity contribution < 1.29 is 0 Å². The summed E-state index contributed by atoms with van der Waals surface area (Å²) in [6.07, 6.45) is 9.85. The Kier molecular flexibility index (Phi) is 2.93. The standard InChI is InChI=1S/C12H8.C9H8/c1-3-9-4-2-6-11-8-7-10(5-1)12(9)11;1-2-5-9-7-3-6-8(9)4-1/h1-8H;1-6H,7H2. The predicted molar refractivity (Wildman–Crippen MR) is 92.1 cm³/mol. The minimum Gasteiger partial charge on any atom is -0.0795 e. The molecule has 0 amide bonds. The van der Waals surface area contributed by atoms with Crippen LogP contribution in [0.1, 0.15) is 22.3 Å². The van der Waals surface area contributed by atoms with Crippen molar-refractivity contribution in [3.8, 4) is 0 Å². The first-order valence-electron chi connectivity index (χ1n) is 7.36. The first-order chi connectivity index (χ1) is 10.4. The van der Waals surface area contributed by atoms with E-state index in [9.17, 15) is 0 Å². The molecule has 21 heavy (non-hydrogen) atoms. The van der Waals surface area contributed by atoms with Crippen LogP contribution in [0.2, 0.25) is 0 Å². The maximum atomic E-state index is 2.20. The lowest BCUT2D eigenvalue weighted by molar-refractivity contribution is 1.31. The number of benzene rings is 3. The van der Waals surface area contributed by atoms with E-state index < -0.39 is 0 Å². The molecule has 0 heterocycles. The second-order valence-corrected chi connectivity index (χ2v) is 5.43. The second-order valence-electron chi connectivity index (χ2n) is 5.43. The fraction of sp³-hybridized carbons (Fsp3) is 0.0476. The highest BCUT2D eigenvalue weighted by Crippen LogP contribution is 2.30. The van der Waals surface area contributed by atoms with Crippen molar-refractivity contribution in [1.29, 1.82) is 0 Å². The number of hydrogen-bond donors (Lipinski definition) is 0. The van der Waals surface area contributed by atoms with Gasteiger partial charge in [-0.15, -0.1) is 0 Å². The lowest BCUT2D eigenvalue weighted by Crippen LogP contribution is -1.76. The number of fused-ring (bicyclic) bond motifs is 1. The van der Waals surface area contributed by atoms with E-state index >= 15 is 0 Å². The Balaban J connectivity index is 0.000000115. The predicted octanol–water partition coefficient (Wildman–Crippen LogP) is 5.58. The lowest BCUT2D eigenvalue weighted by Gasteiger charge is -1.99. The molecule has 0 saturated heterocycles. The molecule has 0 radical (unpaired) electrons. The van der Waals surface area contributed by atoms with Gasteiger partial charge in [0.25, 0.3) is 0 Å². The van der Waals surface area contributed by atoms with E-state index in [0.29, 0.717) is 0 Å². The van der Waals surface area contributed by atoms with Crippen LogP contribution in [0, 0.1) is 0 Å². The Morgan fingerprint density at radius 1 is 0.571 bits per heavy atom. The molecule has 3 aromatic rings. The average Bonchev–Trinajstić information content (AvgIpc) is 3.17. The summed E-state index contributed by atoms with van der Waals surface area (Å²) in [5, 5.41) is 2.75. The summed E-state index contributed by atoms with van der Waals surface area (Å²) in [6.45, 7) is 0. The van der Waals surface area contributed by atoms with Gasteiger partial charge in [0.1, 0.15) is 0 Å². The first kappa shape index (κ1) is 12.2. The normalized spacial score (nSPS) is 13.1. The third-order valence-corrected chi connectivity index (χ3v) is 4.10. The minimum atomic E-state index is 1.12. The largest absolute Gasteiger partial charge is 0.0795 e. The summed E-state index contributed by atoms with van der Waals surface area (Å²) in [5.74, 6) is 0. The van der Waals surface area contributed by atoms with Crippen LogP contribution in [0.25, 0.3) is 29.0 Å². The Morgan fingerprint density at radius 2 is 1.24 bits per heavy atom. The van der Waals surface area contributed by atoms with Crippen molar-refractivity contribution in [3.05, 3.63) is 89.0 Å². The fourth-order valence-corrected chi connectivity index (χ4v) is 3.05. The van der Waals surface area contributed by atoms with Gasteiger partial charge in [0, 0.05) is 0 Å². The van der Waals surface area contributed by atoms with Crippen LogP contribution < -0.4 is 0 Å². The van der Waals surface area contributed by atoms with Crippen molar-refractivity contribution >= 4 is 29.0 Å². The molecule has 0 heteroatoms. The molecule has 0 aliphatic heterocycles. The summed E-state index contributed by atoms with van der Waals surface area (Å²) in [5.41, 5.74) is 5.54. The van der Waals surface area contributed by atoms with Crippen molar-refractivity contribution in [1.82, 2.24) is 0 Å². The summed E-state index contributed by atoms with van der Waals surface area (Å²) >= 11 is 0. The topological polar surface area (TPSA) is 0 Å². The van der Waals surface area contributed by atoms with E-state index in [1.54, 1.807) is 0 Å². The lowest BCUT2D eigenvalue weighted by atomic mass is 10.0. The molecular weight excluding hydrogens is 252 g/mol. The van der Waals surface area contributed by atoms with Gasteiger partial charge in [-0.1, -0.05) is 85.0 Å². The summed E-state index contributed by atoms with van der Waals surface area (Å²) < 4.78 is 0. The van der Waals surface area contributed by atoms with E-state index in [1.165, 1.54) is 33.0 Å². The molecule has 0 bridgehead atoms. The molecule has 2 aliphatic rings. The van der Waals surface area contributed by atoms with E-state index in [1.807, 2.05) is 0 Å². The summed E-state index contributed by atoms with van der Waals surface area (Å²) in [6, 6.07) is 21.4. The van der Waals surface area contributed by atoms with Gasteiger partial charge in [-0.2, -0.15) is 0 Å². The first-order valence-corrected chi connectivity index (χ1v) is 7.36. The van der Waals surface area contributed by atoms with Gasteiger partial charge in [0.15, 0.2) is 0 Å². The summed E-state index contributed by atoms with van der Waals surface area (Å²) in [7, 11) is 0. The van der Waals surface area contributed by atoms with E-state index in [0.717, 1.165) is 6.42 Å². The maximum absolute atomic E-state index is 2.20. The number of allylic oxidation sites excluding steroid dienone is 1. The SMILES string of the molecule is C1=Cc2cccc3cccc1c23.C1=Cc2ccccc2C1. The molecule has 2 aliphatic carbocycles. The third kappa shape index (κ3) is 2.19. The molecule has 0 atom stereocenters. The highest BCUT2D eigenvalue weighted by atomic mass is 14.1. The Hall–Kier alpha value is -2.60. The van der Waals surface area contributed by atoms with Crippen LogP contribution >= 0.6 is 0 Å². The zero-order chi connectivity index (χ0) is 14.1. The molecule has 0 aromatic heterocycles. The zero-order valence-electron chi connectivity index (χ0n) is 11.8. The molecule has 0 saturated carbocycles. The van der Waals surface area contributed by atoms with Gasteiger partial charge in [0.2, 0.25) is 0 Å². The maximum Gasteiger partial charge on any atom is -0.00389 e. The monoisotopic (exact) mass is 268 g/mol. The number of hydrogen-bond acceptors (Lipinski definition) is 0. The van der Waals surface area contributed by atoms with Crippen LogP contribution in [-0.2, 0) is 6.42 Å². The van der Waals surface area contributed by atoms with Crippen molar-refractivity contribution in [2.24, 2.45) is 0 Å². The fourth-order valence-electron chi connectivity index (χ4n) is 3.05. The Labute approximate surface area is 125 Å². The van der Waals surface area contributed by atoms with Crippen LogP contribution in [-0.4, -0.2) is 0 Å². The van der Waals surface area contributed by atoms with Crippen molar-refractivity contribution in [2.75, 3.05) is 0 Å². The average molecular weight is 268 g/mol. The molecule has 5 rings (SSSR count). The molecule has 0 unspecified atom stereocenters. The van der Waals surface area contributed by atoms with Gasteiger partial charge in [-0.25, -0.2) is 0 Å². The van der Waals surface area contributed by atoms with Gasteiger partial charge in [0.05, 0.1) is 0 Å². The highest BCUT2D eigenvalue weighted by Gasteiger charge is 2.06. The van der Waals surface area contributed by atoms with E-state index in [-0.39, 0.29) is 0 Å². The van der Waals surface area contributed by atoms with Crippen LogP contribution in [0.3, 0.4) is 0 Å². The van der Waals surface area contributed by atoms with E-state index in [2.05, 4.69) is 85.0 Å². The smallest absolute Gasteiger partial charge is 0.00389 e. The van der Waals surface area contributed by atoms with Gasteiger partial charge in [-0.3, -0.25) is 0 Å².